The molecule has 0 aliphatic heterocycles. The molecule has 0 aromatic heterocycles. The first-order chi connectivity index (χ1) is 8.53. The Morgan fingerprint density at radius 1 is 0.944 bits per heavy atom. The molecule has 0 bridgehead atoms. The molecule has 1 aliphatic rings. The van der Waals surface area contributed by atoms with E-state index in [4.69, 9.17) is 14.2 Å². The van der Waals surface area contributed by atoms with Gasteiger partial charge in [0, 0.05) is 26.9 Å². The van der Waals surface area contributed by atoms with Gasteiger partial charge in [-0.3, -0.25) is 0 Å². The summed E-state index contributed by atoms with van der Waals surface area (Å²) in [5.74, 6) is -0.821. The Morgan fingerprint density at radius 3 is 2.17 bits per heavy atom. The maximum Gasteiger partial charge on any atom is 0.215 e. The van der Waals surface area contributed by atoms with Crippen LogP contribution in [-0.2, 0) is 25.6 Å². The molecule has 1 aliphatic carbocycles. The molecule has 1 aromatic rings. The van der Waals surface area contributed by atoms with Crippen molar-refractivity contribution in [3.8, 4) is 0 Å². The standard InChI is InChI=1S/C15H20O3/c1-11-7-6-8-12-13(11)15(17-4,18-5)10-9-14(12,2)16-3/h6-10H,1-5H3. The predicted molar refractivity (Wildman–Crippen MR) is 70.4 cm³/mol. The molecule has 0 saturated heterocycles. The van der Waals surface area contributed by atoms with Crippen molar-refractivity contribution in [3.63, 3.8) is 0 Å². The zero-order chi connectivity index (χ0) is 13.4. The third kappa shape index (κ3) is 1.70. The van der Waals surface area contributed by atoms with Crippen LogP contribution >= 0.6 is 0 Å². The summed E-state index contributed by atoms with van der Waals surface area (Å²) >= 11 is 0. The average molecular weight is 248 g/mol. The first kappa shape index (κ1) is 13.3. The van der Waals surface area contributed by atoms with Gasteiger partial charge >= 0.3 is 0 Å². The Labute approximate surface area is 108 Å². The van der Waals surface area contributed by atoms with E-state index in [-0.39, 0.29) is 0 Å². The van der Waals surface area contributed by atoms with Gasteiger partial charge in [-0.25, -0.2) is 0 Å². The molecule has 1 atom stereocenters. The van der Waals surface area contributed by atoms with E-state index in [2.05, 4.69) is 19.1 Å². The van der Waals surface area contributed by atoms with Crippen LogP contribution in [-0.4, -0.2) is 21.3 Å². The molecule has 98 valence electrons. The number of ether oxygens (including phenoxy) is 3. The first-order valence-electron chi connectivity index (χ1n) is 5.99. The van der Waals surface area contributed by atoms with Crippen LogP contribution in [0.2, 0.25) is 0 Å². The molecule has 1 unspecified atom stereocenters. The monoisotopic (exact) mass is 248 g/mol. The largest absolute Gasteiger partial charge is 0.370 e. The summed E-state index contributed by atoms with van der Waals surface area (Å²) in [6, 6.07) is 6.14. The molecule has 3 heteroatoms. The fourth-order valence-corrected chi connectivity index (χ4v) is 2.59. The van der Waals surface area contributed by atoms with Crippen LogP contribution in [0.15, 0.2) is 30.4 Å². The Bertz CT molecular complexity index is 475. The van der Waals surface area contributed by atoms with Gasteiger partial charge in [0.05, 0.1) is 0 Å². The molecule has 0 radical (unpaired) electrons. The second kappa shape index (κ2) is 4.50. The molecular weight excluding hydrogens is 228 g/mol. The Kier molecular flexibility index (Phi) is 3.32. The first-order valence-corrected chi connectivity index (χ1v) is 5.99. The van der Waals surface area contributed by atoms with Gasteiger partial charge in [0.1, 0.15) is 5.60 Å². The Hall–Kier alpha value is -1.16. The highest BCUT2D eigenvalue weighted by Crippen LogP contribution is 2.44. The van der Waals surface area contributed by atoms with Crippen molar-refractivity contribution in [1.29, 1.82) is 0 Å². The lowest BCUT2D eigenvalue weighted by molar-refractivity contribution is -0.183. The maximum absolute atomic E-state index is 5.64. The van der Waals surface area contributed by atoms with Gasteiger partial charge < -0.3 is 14.2 Å². The molecule has 3 nitrogen and oxygen atoms in total. The third-order valence-corrected chi connectivity index (χ3v) is 3.81. The predicted octanol–water partition coefficient (Wildman–Crippen LogP) is 2.87. The number of fused-ring (bicyclic) bond motifs is 1. The number of hydrogen-bond donors (Lipinski definition) is 0. The highest BCUT2D eigenvalue weighted by Gasteiger charge is 2.42. The van der Waals surface area contributed by atoms with Gasteiger partial charge in [-0.2, -0.15) is 0 Å². The number of methoxy groups -OCH3 is 3. The van der Waals surface area contributed by atoms with Crippen LogP contribution in [0.25, 0.3) is 0 Å². The summed E-state index contributed by atoms with van der Waals surface area (Å²) in [6.07, 6.45) is 3.91. The summed E-state index contributed by atoms with van der Waals surface area (Å²) in [6.45, 7) is 4.10. The molecular formula is C15H20O3. The van der Waals surface area contributed by atoms with E-state index in [1.165, 1.54) is 0 Å². The lowest BCUT2D eigenvalue weighted by Crippen LogP contribution is -2.39. The smallest absolute Gasteiger partial charge is 0.215 e. The molecule has 0 fully saturated rings. The fourth-order valence-electron chi connectivity index (χ4n) is 2.59. The zero-order valence-electron chi connectivity index (χ0n) is 11.6. The normalized spacial score (nSPS) is 24.9. The summed E-state index contributed by atoms with van der Waals surface area (Å²) in [7, 11) is 5.02. The van der Waals surface area contributed by atoms with Crippen LogP contribution in [0.3, 0.4) is 0 Å². The second-order valence-corrected chi connectivity index (χ2v) is 4.72. The van der Waals surface area contributed by atoms with Gasteiger partial charge in [-0.1, -0.05) is 18.2 Å². The minimum atomic E-state index is -0.821. The average Bonchev–Trinajstić information content (AvgIpc) is 2.41. The van der Waals surface area contributed by atoms with E-state index < -0.39 is 11.4 Å². The summed E-state index contributed by atoms with van der Waals surface area (Å²) in [4.78, 5) is 0. The SMILES string of the molecule is COC1(C)C=CC(OC)(OC)c2c(C)cccc21. The van der Waals surface area contributed by atoms with Crippen molar-refractivity contribution in [2.45, 2.75) is 25.2 Å². The van der Waals surface area contributed by atoms with Crippen molar-refractivity contribution in [1.82, 2.24) is 0 Å². The van der Waals surface area contributed by atoms with E-state index in [1.54, 1.807) is 21.3 Å². The number of hydrogen-bond acceptors (Lipinski definition) is 3. The summed E-state index contributed by atoms with van der Waals surface area (Å²) in [5, 5.41) is 0. The third-order valence-electron chi connectivity index (χ3n) is 3.81. The van der Waals surface area contributed by atoms with Crippen LogP contribution in [0.4, 0.5) is 0 Å². The van der Waals surface area contributed by atoms with E-state index in [0.717, 1.165) is 16.7 Å². The van der Waals surface area contributed by atoms with Crippen molar-refractivity contribution >= 4 is 0 Å². The van der Waals surface area contributed by atoms with E-state index in [0.29, 0.717) is 0 Å². The molecule has 0 N–H and O–H groups in total. The quantitative estimate of drug-likeness (QED) is 0.608. The molecule has 0 saturated carbocycles. The van der Waals surface area contributed by atoms with Crippen molar-refractivity contribution < 1.29 is 14.2 Å². The van der Waals surface area contributed by atoms with E-state index in [9.17, 15) is 0 Å². The van der Waals surface area contributed by atoms with Crippen molar-refractivity contribution in [2.75, 3.05) is 21.3 Å². The Balaban J connectivity index is 2.74. The van der Waals surface area contributed by atoms with Crippen molar-refractivity contribution in [2.24, 2.45) is 0 Å². The number of rotatable bonds is 3. The van der Waals surface area contributed by atoms with Crippen LogP contribution < -0.4 is 0 Å². The number of benzene rings is 1. The topological polar surface area (TPSA) is 27.7 Å². The van der Waals surface area contributed by atoms with Gasteiger partial charge in [-0.15, -0.1) is 0 Å². The number of aryl methyl sites for hydroxylation is 1. The summed E-state index contributed by atoms with van der Waals surface area (Å²) in [5.41, 5.74) is 2.80. The van der Waals surface area contributed by atoms with Crippen LogP contribution in [0.5, 0.6) is 0 Å². The van der Waals surface area contributed by atoms with Crippen LogP contribution in [0.1, 0.15) is 23.6 Å². The molecule has 0 spiro atoms. The molecule has 18 heavy (non-hydrogen) atoms. The highest BCUT2D eigenvalue weighted by atomic mass is 16.7. The van der Waals surface area contributed by atoms with Gasteiger partial charge in [-0.05, 0) is 37.1 Å². The Morgan fingerprint density at radius 2 is 1.61 bits per heavy atom. The zero-order valence-corrected chi connectivity index (χ0v) is 11.6. The van der Waals surface area contributed by atoms with E-state index >= 15 is 0 Å². The molecule has 1 aromatic carbocycles. The van der Waals surface area contributed by atoms with Crippen LogP contribution in [0, 0.1) is 6.92 Å². The van der Waals surface area contributed by atoms with Gasteiger partial charge in [0.15, 0.2) is 0 Å². The molecule has 2 rings (SSSR count). The minimum absolute atomic E-state index is 0.443. The maximum atomic E-state index is 5.64. The highest BCUT2D eigenvalue weighted by molar-refractivity contribution is 5.48. The fraction of sp³-hybridized carbons (Fsp3) is 0.467. The minimum Gasteiger partial charge on any atom is -0.370 e. The second-order valence-electron chi connectivity index (χ2n) is 4.72. The lowest BCUT2D eigenvalue weighted by atomic mass is 9.80. The van der Waals surface area contributed by atoms with E-state index in [1.807, 2.05) is 25.1 Å². The van der Waals surface area contributed by atoms with Gasteiger partial charge in [0.25, 0.3) is 0 Å². The van der Waals surface area contributed by atoms with Crippen molar-refractivity contribution in [3.05, 3.63) is 47.0 Å². The molecule has 0 amide bonds. The molecule has 0 heterocycles. The van der Waals surface area contributed by atoms with Gasteiger partial charge in [0.2, 0.25) is 5.79 Å². The lowest BCUT2D eigenvalue weighted by Gasteiger charge is -2.40. The summed E-state index contributed by atoms with van der Waals surface area (Å²) < 4.78 is 16.9.